The van der Waals surface area contributed by atoms with E-state index in [4.69, 9.17) is 16.3 Å². The molecule has 0 fully saturated rings. The molecule has 1 unspecified atom stereocenters. The molecule has 1 aromatic heterocycles. The minimum atomic E-state index is -1.08. The summed E-state index contributed by atoms with van der Waals surface area (Å²) in [4.78, 5) is 0. The third-order valence-corrected chi connectivity index (χ3v) is 3.89. The molecular formula is C13H13BrClFN2O2. The Morgan fingerprint density at radius 2 is 2.30 bits per heavy atom. The molecule has 2 aromatic rings. The fourth-order valence-corrected chi connectivity index (χ4v) is 2.62. The molecule has 0 aliphatic rings. The van der Waals surface area contributed by atoms with Crippen LogP contribution in [0, 0.1) is 5.82 Å². The van der Waals surface area contributed by atoms with Gasteiger partial charge in [0.1, 0.15) is 11.9 Å². The first-order valence-corrected chi connectivity index (χ1v) is 7.05. The number of nitrogens with zero attached hydrogens (tertiary/aromatic N) is 2. The molecule has 0 amide bonds. The zero-order chi connectivity index (χ0) is 14.7. The summed E-state index contributed by atoms with van der Waals surface area (Å²) in [5.74, 6) is -0.567. The molecule has 4 nitrogen and oxygen atoms in total. The number of methoxy groups -OCH3 is 1. The first-order valence-electron chi connectivity index (χ1n) is 5.88. The molecule has 1 atom stereocenters. The Balaban J connectivity index is 2.40. The minimum absolute atomic E-state index is 0.0913. The van der Waals surface area contributed by atoms with Gasteiger partial charge in [0.05, 0.1) is 34.5 Å². The highest BCUT2D eigenvalue weighted by Gasteiger charge is 2.22. The molecule has 0 aliphatic carbocycles. The SMILES string of the molecule is COCCn1ncc(Br)c1C(O)c1cccc(F)c1Cl. The van der Waals surface area contributed by atoms with Gasteiger partial charge in [-0.15, -0.1) is 0 Å². The molecule has 1 aromatic carbocycles. The quantitative estimate of drug-likeness (QED) is 0.887. The van der Waals surface area contributed by atoms with Crippen molar-refractivity contribution >= 4 is 27.5 Å². The third-order valence-electron chi connectivity index (χ3n) is 2.88. The van der Waals surface area contributed by atoms with Crippen LogP contribution in [0.1, 0.15) is 17.4 Å². The lowest BCUT2D eigenvalue weighted by molar-refractivity contribution is 0.171. The van der Waals surface area contributed by atoms with Crippen LogP contribution in [-0.2, 0) is 11.3 Å². The van der Waals surface area contributed by atoms with Crippen LogP contribution in [0.25, 0.3) is 0 Å². The highest BCUT2D eigenvalue weighted by atomic mass is 79.9. The Labute approximate surface area is 129 Å². The van der Waals surface area contributed by atoms with Crippen molar-refractivity contribution in [2.75, 3.05) is 13.7 Å². The molecule has 2 rings (SSSR count). The van der Waals surface area contributed by atoms with Gasteiger partial charge in [-0.05, 0) is 22.0 Å². The Morgan fingerprint density at radius 3 is 3.00 bits per heavy atom. The van der Waals surface area contributed by atoms with Gasteiger partial charge in [-0.3, -0.25) is 4.68 Å². The fraction of sp³-hybridized carbons (Fsp3) is 0.308. The van der Waals surface area contributed by atoms with Crippen LogP contribution >= 0.6 is 27.5 Å². The van der Waals surface area contributed by atoms with E-state index in [0.29, 0.717) is 28.9 Å². The van der Waals surface area contributed by atoms with Crippen LogP contribution in [-0.4, -0.2) is 28.6 Å². The molecule has 7 heteroatoms. The number of hydrogen-bond donors (Lipinski definition) is 1. The smallest absolute Gasteiger partial charge is 0.142 e. The van der Waals surface area contributed by atoms with E-state index in [1.807, 2.05) is 0 Å². The van der Waals surface area contributed by atoms with Crippen molar-refractivity contribution in [3.8, 4) is 0 Å². The molecule has 1 N–H and O–H groups in total. The number of benzene rings is 1. The van der Waals surface area contributed by atoms with E-state index in [1.165, 1.54) is 12.1 Å². The highest BCUT2D eigenvalue weighted by molar-refractivity contribution is 9.10. The highest BCUT2D eigenvalue weighted by Crippen LogP contribution is 2.33. The van der Waals surface area contributed by atoms with Gasteiger partial charge in [0.15, 0.2) is 0 Å². The summed E-state index contributed by atoms with van der Waals surface area (Å²) < 4.78 is 20.7. The summed E-state index contributed by atoms with van der Waals surface area (Å²) in [6, 6.07) is 4.33. The van der Waals surface area contributed by atoms with E-state index < -0.39 is 11.9 Å². The second-order valence-electron chi connectivity index (χ2n) is 4.14. The molecule has 20 heavy (non-hydrogen) atoms. The molecule has 0 spiro atoms. The van der Waals surface area contributed by atoms with Crippen LogP contribution in [0.3, 0.4) is 0 Å². The summed E-state index contributed by atoms with van der Waals surface area (Å²) in [6.07, 6.45) is 0.494. The van der Waals surface area contributed by atoms with Gasteiger partial charge in [-0.25, -0.2) is 4.39 Å². The lowest BCUT2D eigenvalue weighted by Crippen LogP contribution is -2.14. The van der Waals surface area contributed by atoms with Gasteiger partial charge in [-0.1, -0.05) is 23.7 Å². The van der Waals surface area contributed by atoms with Crippen molar-refractivity contribution in [2.24, 2.45) is 0 Å². The molecule has 0 saturated carbocycles. The number of aliphatic hydroxyl groups excluding tert-OH is 1. The number of aliphatic hydroxyl groups is 1. The summed E-state index contributed by atoms with van der Waals surface area (Å²) in [5, 5.41) is 14.5. The standard InChI is InChI=1S/C13H13BrClFN2O2/c1-20-6-5-18-12(9(14)7-17-18)13(19)8-3-2-4-10(16)11(8)15/h2-4,7,13,19H,5-6H2,1H3. The molecule has 1 heterocycles. The van der Waals surface area contributed by atoms with Gasteiger partial charge >= 0.3 is 0 Å². The maximum Gasteiger partial charge on any atom is 0.142 e. The first kappa shape index (κ1) is 15.4. The van der Waals surface area contributed by atoms with Crippen molar-refractivity contribution < 1.29 is 14.2 Å². The summed E-state index contributed by atoms with van der Waals surface area (Å²) >= 11 is 9.24. The lowest BCUT2D eigenvalue weighted by atomic mass is 10.1. The molecule has 0 aliphatic heterocycles. The van der Waals surface area contributed by atoms with Crippen LogP contribution in [0.15, 0.2) is 28.9 Å². The predicted octanol–water partition coefficient (Wildman–Crippen LogP) is 3.17. The van der Waals surface area contributed by atoms with E-state index in [9.17, 15) is 9.50 Å². The Bertz CT molecular complexity index is 606. The van der Waals surface area contributed by atoms with Gasteiger partial charge in [0.2, 0.25) is 0 Å². The topological polar surface area (TPSA) is 47.3 Å². The molecule has 0 saturated heterocycles. The average molecular weight is 364 g/mol. The Hall–Kier alpha value is -0.950. The van der Waals surface area contributed by atoms with E-state index in [0.717, 1.165) is 0 Å². The van der Waals surface area contributed by atoms with Crippen LogP contribution in [0.4, 0.5) is 4.39 Å². The van der Waals surface area contributed by atoms with Crippen molar-refractivity contribution in [3.63, 3.8) is 0 Å². The molecule has 108 valence electrons. The Morgan fingerprint density at radius 1 is 1.55 bits per heavy atom. The Kier molecular flexibility index (Phi) is 5.15. The lowest BCUT2D eigenvalue weighted by Gasteiger charge is -2.16. The summed E-state index contributed by atoms with van der Waals surface area (Å²) in [7, 11) is 1.58. The fourth-order valence-electron chi connectivity index (χ4n) is 1.88. The molecular weight excluding hydrogens is 351 g/mol. The first-order chi connectivity index (χ1) is 9.56. The van der Waals surface area contributed by atoms with Crippen LogP contribution < -0.4 is 0 Å². The van der Waals surface area contributed by atoms with Gasteiger partial charge in [0, 0.05) is 12.7 Å². The zero-order valence-corrected chi connectivity index (χ0v) is 13.0. The summed E-state index contributed by atoms with van der Waals surface area (Å²) in [6.45, 7) is 0.923. The van der Waals surface area contributed by atoms with E-state index in [-0.39, 0.29) is 5.02 Å². The van der Waals surface area contributed by atoms with Gasteiger partial charge < -0.3 is 9.84 Å². The van der Waals surface area contributed by atoms with E-state index >= 15 is 0 Å². The number of rotatable bonds is 5. The van der Waals surface area contributed by atoms with Gasteiger partial charge in [0.25, 0.3) is 0 Å². The van der Waals surface area contributed by atoms with E-state index in [1.54, 1.807) is 24.1 Å². The zero-order valence-electron chi connectivity index (χ0n) is 10.7. The molecule has 0 radical (unpaired) electrons. The van der Waals surface area contributed by atoms with Crippen LogP contribution in [0.2, 0.25) is 5.02 Å². The largest absolute Gasteiger partial charge is 0.383 e. The number of halogens is 3. The van der Waals surface area contributed by atoms with Gasteiger partial charge in [-0.2, -0.15) is 5.10 Å². The minimum Gasteiger partial charge on any atom is -0.383 e. The second kappa shape index (κ2) is 6.67. The van der Waals surface area contributed by atoms with Crippen molar-refractivity contribution in [2.45, 2.75) is 12.6 Å². The third kappa shape index (κ3) is 3.03. The number of ether oxygens (including phenoxy) is 1. The predicted molar refractivity (Wildman–Crippen MR) is 77.3 cm³/mol. The normalized spacial score (nSPS) is 12.7. The van der Waals surface area contributed by atoms with Crippen molar-refractivity contribution in [1.82, 2.24) is 9.78 Å². The van der Waals surface area contributed by atoms with Crippen molar-refractivity contribution in [1.29, 1.82) is 0 Å². The second-order valence-corrected chi connectivity index (χ2v) is 5.37. The van der Waals surface area contributed by atoms with E-state index in [2.05, 4.69) is 21.0 Å². The summed E-state index contributed by atoms with van der Waals surface area (Å²) in [5.41, 5.74) is 0.807. The number of aromatic nitrogens is 2. The monoisotopic (exact) mass is 362 g/mol. The number of hydrogen-bond acceptors (Lipinski definition) is 3. The maximum atomic E-state index is 13.5. The molecule has 0 bridgehead atoms. The van der Waals surface area contributed by atoms with Crippen LogP contribution in [0.5, 0.6) is 0 Å². The average Bonchev–Trinajstić information content (AvgIpc) is 2.80. The maximum absolute atomic E-state index is 13.5. The van der Waals surface area contributed by atoms with Crippen molar-refractivity contribution in [3.05, 3.63) is 51.0 Å².